The van der Waals surface area contributed by atoms with E-state index in [1.54, 1.807) is 34.8 Å². The van der Waals surface area contributed by atoms with Gasteiger partial charge >= 0.3 is 0 Å². The van der Waals surface area contributed by atoms with Crippen molar-refractivity contribution in [1.82, 2.24) is 0 Å². The van der Waals surface area contributed by atoms with E-state index in [2.05, 4.69) is 15.9 Å². The van der Waals surface area contributed by atoms with Crippen molar-refractivity contribution in [2.45, 2.75) is 6.04 Å². The second-order valence-corrected chi connectivity index (χ2v) is 6.86. The molecule has 0 saturated heterocycles. The third-order valence-corrected chi connectivity index (χ3v) is 5.87. The molecule has 3 aromatic rings. The molecule has 1 unspecified atom stereocenters. The summed E-state index contributed by atoms with van der Waals surface area (Å²) >= 11 is 6.67. The molecule has 0 bridgehead atoms. The van der Waals surface area contributed by atoms with Gasteiger partial charge in [-0.2, -0.15) is 0 Å². The van der Waals surface area contributed by atoms with Crippen LogP contribution in [0.5, 0.6) is 0 Å². The molecule has 18 heavy (non-hydrogen) atoms. The molecule has 2 heterocycles. The second kappa shape index (κ2) is 4.74. The Morgan fingerprint density at radius 1 is 1.22 bits per heavy atom. The van der Waals surface area contributed by atoms with Crippen molar-refractivity contribution in [3.63, 3.8) is 0 Å². The SMILES string of the molecule is NC(c1cc2ccc(F)cc2s1)c1sccc1Br. The van der Waals surface area contributed by atoms with Crippen LogP contribution in [0.4, 0.5) is 4.39 Å². The minimum absolute atomic E-state index is 0.153. The summed E-state index contributed by atoms with van der Waals surface area (Å²) in [7, 11) is 0. The number of fused-ring (bicyclic) bond motifs is 1. The van der Waals surface area contributed by atoms with Crippen LogP contribution in [0, 0.1) is 5.82 Å². The van der Waals surface area contributed by atoms with Gasteiger partial charge < -0.3 is 5.73 Å². The molecule has 1 nitrogen and oxygen atoms in total. The molecule has 2 N–H and O–H groups in total. The van der Waals surface area contributed by atoms with Gasteiger partial charge in [0.05, 0.1) is 6.04 Å². The van der Waals surface area contributed by atoms with Crippen LogP contribution in [-0.4, -0.2) is 0 Å². The second-order valence-electron chi connectivity index (χ2n) is 3.94. The summed E-state index contributed by atoms with van der Waals surface area (Å²) in [5.74, 6) is -0.207. The lowest BCUT2D eigenvalue weighted by atomic mass is 10.2. The van der Waals surface area contributed by atoms with E-state index < -0.39 is 0 Å². The van der Waals surface area contributed by atoms with Crippen LogP contribution in [0.15, 0.2) is 40.2 Å². The first-order chi connectivity index (χ1) is 8.65. The number of hydrogen-bond donors (Lipinski definition) is 1. The average molecular weight is 342 g/mol. The summed E-state index contributed by atoms with van der Waals surface area (Å²) in [6.45, 7) is 0. The van der Waals surface area contributed by atoms with Crippen molar-refractivity contribution >= 4 is 48.7 Å². The van der Waals surface area contributed by atoms with Crippen molar-refractivity contribution in [3.05, 3.63) is 55.8 Å². The van der Waals surface area contributed by atoms with Gasteiger partial charge in [0, 0.05) is 18.9 Å². The Balaban J connectivity index is 2.07. The van der Waals surface area contributed by atoms with Crippen molar-refractivity contribution in [3.8, 4) is 0 Å². The molecular formula is C13H9BrFNS2. The highest BCUT2D eigenvalue weighted by atomic mass is 79.9. The predicted molar refractivity (Wildman–Crippen MR) is 79.8 cm³/mol. The maximum absolute atomic E-state index is 13.2. The van der Waals surface area contributed by atoms with Gasteiger partial charge in [-0.05, 0) is 51.0 Å². The van der Waals surface area contributed by atoms with E-state index in [9.17, 15) is 4.39 Å². The molecule has 3 rings (SSSR count). The number of nitrogens with two attached hydrogens (primary N) is 1. The molecule has 0 saturated carbocycles. The molecule has 0 radical (unpaired) electrons. The Morgan fingerprint density at radius 2 is 2.06 bits per heavy atom. The van der Waals surface area contributed by atoms with Gasteiger partial charge in [-0.1, -0.05) is 6.07 Å². The zero-order chi connectivity index (χ0) is 12.7. The summed E-state index contributed by atoms with van der Waals surface area (Å²) in [6.07, 6.45) is 0. The molecular weight excluding hydrogens is 333 g/mol. The van der Waals surface area contributed by atoms with E-state index >= 15 is 0 Å². The van der Waals surface area contributed by atoms with Crippen molar-refractivity contribution in [1.29, 1.82) is 0 Å². The van der Waals surface area contributed by atoms with Crippen LogP contribution in [0.25, 0.3) is 10.1 Å². The predicted octanol–water partition coefficient (Wildman–Crippen LogP) is 4.91. The van der Waals surface area contributed by atoms with Crippen LogP contribution in [0.3, 0.4) is 0 Å². The number of halogens is 2. The Kier molecular flexibility index (Phi) is 3.23. The van der Waals surface area contributed by atoms with Gasteiger partial charge in [-0.3, -0.25) is 0 Å². The maximum atomic E-state index is 13.2. The first kappa shape index (κ1) is 12.3. The number of rotatable bonds is 2. The van der Waals surface area contributed by atoms with E-state index in [1.165, 1.54) is 6.07 Å². The molecule has 0 aliphatic carbocycles. The minimum atomic E-state index is -0.207. The van der Waals surface area contributed by atoms with E-state index in [1.807, 2.05) is 17.5 Å². The van der Waals surface area contributed by atoms with Crippen LogP contribution < -0.4 is 5.73 Å². The van der Waals surface area contributed by atoms with Crippen LogP contribution in [0.2, 0.25) is 0 Å². The van der Waals surface area contributed by atoms with E-state index in [0.717, 1.165) is 24.3 Å². The fraction of sp³-hybridized carbons (Fsp3) is 0.0769. The maximum Gasteiger partial charge on any atom is 0.124 e. The van der Waals surface area contributed by atoms with Gasteiger partial charge in [0.15, 0.2) is 0 Å². The fourth-order valence-electron chi connectivity index (χ4n) is 1.84. The summed E-state index contributed by atoms with van der Waals surface area (Å²) in [5.41, 5.74) is 6.26. The number of benzene rings is 1. The summed E-state index contributed by atoms with van der Waals surface area (Å²) < 4.78 is 15.1. The fourth-order valence-corrected chi connectivity index (χ4v) is 4.65. The number of hydrogen-bond acceptors (Lipinski definition) is 3. The monoisotopic (exact) mass is 341 g/mol. The highest BCUT2D eigenvalue weighted by Gasteiger charge is 2.16. The van der Waals surface area contributed by atoms with Gasteiger partial charge in [0.2, 0.25) is 0 Å². The Labute approximate surface area is 120 Å². The lowest BCUT2D eigenvalue weighted by molar-refractivity contribution is 0.630. The summed E-state index contributed by atoms with van der Waals surface area (Å²) in [5, 5.41) is 3.05. The van der Waals surface area contributed by atoms with Gasteiger partial charge in [-0.15, -0.1) is 22.7 Å². The first-order valence-electron chi connectivity index (χ1n) is 5.32. The van der Waals surface area contributed by atoms with Crippen molar-refractivity contribution < 1.29 is 4.39 Å². The van der Waals surface area contributed by atoms with Gasteiger partial charge in [0.25, 0.3) is 0 Å². The molecule has 0 aliphatic rings. The number of thiophene rings is 2. The Hall–Kier alpha value is -0.750. The minimum Gasteiger partial charge on any atom is -0.319 e. The van der Waals surface area contributed by atoms with Gasteiger partial charge in [-0.25, -0.2) is 4.39 Å². The smallest absolute Gasteiger partial charge is 0.124 e. The third kappa shape index (κ3) is 2.12. The molecule has 1 atom stereocenters. The largest absolute Gasteiger partial charge is 0.319 e. The van der Waals surface area contributed by atoms with Crippen molar-refractivity contribution in [2.24, 2.45) is 5.73 Å². The standard InChI is InChI=1S/C13H9BrFNS2/c14-9-3-4-17-13(9)12(16)11-5-7-1-2-8(15)6-10(7)18-11/h1-6,12H,16H2. The summed E-state index contributed by atoms with van der Waals surface area (Å²) in [4.78, 5) is 2.15. The lowest BCUT2D eigenvalue weighted by Gasteiger charge is -2.07. The zero-order valence-corrected chi connectivity index (χ0v) is 12.4. The van der Waals surface area contributed by atoms with Crippen LogP contribution in [0.1, 0.15) is 15.8 Å². The lowest BCUT2D eigenvalue weighted by Crippen LogP contribution is -2.08. The third-order valence-electron chi connectivity index (χ3n) is 2.73. The normalized spacial score (nSPS) is 13.1. The summed E-state index contributed by atoms with van der Waals surface area (Å²) in [6, 6.07) is 8.70. The van der Waals surface area contributed by atoms with Gasteiger partial charge in [0.1, 0.15) is 5.82 Å². The van der Waals surface area contributed by atoms with E-state index in [0.29, 0.717) is 0 Å². The quantitative estimate of drug-likeness (QED) is 0.703. The molecule has 1 aromatic carbocycles. The zero-order valence-electron chi connectivity index (χ0n) is 9.19. The van der Waals surface area contributed by atoms with E-state index in [4.69, 9.17) is 5.73 Å². The Bertz CT molecular complexity index is 704. The molecule has 0 amide bonds. The molecule has 0 spiro atoms. The van der Waals surface area contributed by atoms with E-state index in [-0.39, 0.29) is 11.9 Å². The highest BCUT2D eigenvalue weighted by Crippen LogP contribution is 2.37. The molecule has 2 aromatic heterocycles. The molecule has 92 valence electrons. The Morgan fingerprint density at radius 3 is 2.78 bits per heavy atom. The average Bonchev–Trinajstić information content (AvgIpc) is 2.93. The van der Waals surface area contributed by atoms with Crippen molar-refractivity contribution in [2.75, 3.05) is 0 Å². The van der Waals surface area contributed by atoms with Crippen LogP contribution >= 0.6 is 38.6 Å². The molecule has 5 heteroatoms. The first-order valence-corrected chi connectivity index (χ1v) is 7.81. The molecule has 0 aliphatic heterocycles. The topological polar surface area (TPSA) is 26.0 Å². The molecule has 0 fully saturated rings. The highest BCUT2D eigenvalue weighted by molar-refractivity contribution is 9.10. The van der Waals surface area contributed by atoms with Crippen LogP contribution in [-0.2, 0) is 0 Å².